The number of ether oxygens (including phenoxy) is 2. The van der Waals surface area contributed by atoms with E-state index in [0.29, 0.717) is 24.1 Å². The SMILES string of the molecule is O=C1c2ccccc2C(=O)N1CC(=O)N(Cc1ccccc1)C1c2ccccc2CCC1C(Cc1ccccc1)C1=COCO1. The zero-order valence-corrected chi connectivity index (χ0v) is 24.9. The lowest BCUT2D eigenvalue weighted by Gasteiger charge is -2.44. The normalized spacial score (nSPS) is 19.2. The van der Waals surface area contributed by atoms with Gasteiger partial charge < -0.3 is 14.4 Å². The molecule has 0 bridgehead atoms. The van der Waals surface area contributed by atoms with Crippen LogP contribution in [0, 0.1) is 11.8 Å². The van der Waals surface area contributed by atoms with E-state index < -0.39 is 11.8 Å². The average molecular weight is 599 g/mol. The second-order valence-electron chi connectivity index (χ2n) is 11.8. The Kier molecular flexibility index (Phi) is 7.91. The van der Waals surface area contributed by atoms with Crippen LogP contribution < -0.4 is 0 Å². The molecule has 3 unspecified atom stereocenters. The summed E-state index contributed by atoms with van der Waals surface area (Å²) in [7, 11) is 0. The van der Waals surface area contributed by atoms with E-state index >= 15 is 0 Å². The molecule has 3 amide bonds. The Labute approximate surface area is 262 Å². The molecule has 3 atom stereocenters. The van der Waals surface area contributed by atoms with Crippen LogP contribution in [0.15, 0.2) is 121 Å². The minimum atomic E-state index is -0.437. The fourth-order valence-electron chi connectivity index (χ4n) is 7.09. The summed E-state index contributed by atoms with van der Waals surface area (Å²) < 4.78 is 11.6. The van der Waals surface area contributed by atoms with Crippen molar-refractivity contribution >= 4 is 17.7 Å². The quantitative estimate of drug-likeness (QED) is 0.211. The molecule has 7 nitrogen and oxygen atoms in total. The lowest BCUT2D eigenvalue weighted by Crippen LogP contribution is -2.48. The Morgan fingerprint density at radius 2 is 1.42 bits per heavy atom. The third-order valence-corrected chi connectivity index (χ3v) is 9.22. The van der Waals surface area contributed by atoms with Crippen molar-refractivity contribution in [3.8, 4) is 0 Å². The first-order valence-corrected chi connectivity index (χ1v) is 15.4. The highest BCUT2D eigenvalue weighted by atomic mass is 16.7. The molecular formula is C38H34N2O5. The summed E-state index contributed by atoms with van der Waals surface area (Å²) in [6.45, 7) is 0.157. The molecular weight excluding hydrogens is 564 g/mol. The van der Waals surface area contributed by atoms with Crippen molar-refractivity contribution in [2.75, 3.05) is 13.3 Å². The molecule has 0 saturated heterocycles. The van der Waals surface area contributed by atoms with Gasteiger partial charge in [0.25, 0.3) is 11.8 Å². The largest absolute Gasteiger partial charge is 0.462 e. The van der Waals surface area contributed by atoms with Gasteiger partial charge in [-0.25, -0.2) is 0 Å². The summed E-state index contributed by atoms with van der Waals surface area (Å²) in [6.07, 6.45) is 4.12. The molecule has 7 heteroatoms. The number of rotatable bonds is 9. The summed E-state index contributed by atoms with van der Waals surface area (Å²) >= 11 is 0. The Balaban J connectivity index is 1.30. The van der Waals surface area contributed by atoms with Crippen molar-refractivity contribution in [2.45, 2.75) is 31.8 Å². The summed E-state index contributed by atoms with van der Waals surface area (Å²) in [5.41, 5.74) is 5.08. The van der Waals surface area contributed by atoms with E-state index in [1.54, 1.807) is 30.5 Å². The van der Waals surface area contributed by atoms with E-state index in [-0.39, 0.29) is 37.1 Å². The van der Waals surface area contributed by atoms with Crippen LogP contribution in [-0.4, -0.2) is 40.9 Å². The first-order chi connectivity index (χ1) is 22.1. The molecule has 0 fully saturated rings. The maximum atomic E-state index is 14.6. The fraction of sp³-hybridized carbons (Fsp3) is 0.237. The van der Waals surface area contributed by atoms with E-state index in [1.165, 1.54) is 11.1 Å². The number of hydrogen-bond acceptors (Lipinski definition) is 5. The maximum absolute atomic E-state index is 14.6. The van der Waals surface area contributed by atoms with Gasteiger partial charge in [0.2, 0.25) is 12.7 Å². The van der Waals surface area contributed by atoms with E-state index in [4.69, 9.17) is 9.47 Å². The predicted molar refractivity (Wildman–Crippen MR) is 169 cm³/mol. The molecule has 4 aromatic rings. The molecule has 45 heavy (non-hydrogen) atoms. The fourth-order valence-corrected chi connectivity index (χ4v) is 7.09. The zero-order chi connectivity index (χ0) is 30.8. The topological polar surface area (TPSA) is 76.2 Å². The van der Waals surface area contributed by atoms with Gasteiger partial charge in [-0.3, -0.25) is 19.3 Å². The molecule has 3 aliphatic rings. The number of imide groups is 1. The zero-order valence-electron chi connectivity index (χ0n) is 24.9. The monoisotopic (exact) mass is 598 g/mol. The van der Waals surface area contributed by atoms with Crippen LogP contribution in [0.25, 0.3) is 0 Å². The second-order valence-corrected chi connectivity index (χ2v) is 11.8. The van der Waals surface area contributed by atoms with Gasteiger partial charge in [-0.15, -0.1) is 0 Å². The lowest BCUT2D eigenvalue weighted by atomic mass is 9.70. The number of amides is 3. The Morgan fingerprint density at radius 1 is 0.800 bits per heavy atom. The summed E-state index contributed by atoms with van der Waals surface area (Å²) in [6, 6.07) is 34.9. The first kappa shape index (κ1) is 28.6. The highest BCUT2D eigenvalue weighted by Crippen LogP contribution is 2.47. The summed E-state index contributed by atoms with van der Waals surface area (Å²) in [4.78, 5) is 44.3. The molecule has 0 spiro atoms. The molecule has 2 heterocycles. The van der Waals surface area contributed by atoms with Gasteiger partial charge in [-0.05, 0) is 59.6 Å². The lowest BCUT2D eigenvalue weighted by molar-refractivity contribution is -0.137. The van der Waals surface area contributed by atoms with E-state index in [9.17, 15) is 14.4 Å². The number of hydrogen-bond donors (Lipinski definition) is 0. The standard InChI is InChI=1S/C38H34N2O5/c41-35(23-40-37(42)31-17-9-10-18-32(31)38(40)43)39(22-27-13-5-2-6-14-27)36-29-16-8-7-15-28(29)19-20-30(36)33(34-24-44-25-45-34)21-26-11-3-1-4-12-26/h1-18,24,30,33,36H,19-23,25H2. The maximum Gasteiger partial charge on any atom is 0.262 e. The van der Waals surface area contributed by atoms with Crippen molar-refractivity contribution in [2.24, 2.45) is 11.8 Å². The van der Waals surface area contributed by atoms with E-state index in [0.717, 1.165) is 34.6 Å². The molecule has 0 saturated carbocycles. The smallest absolute Gasteiger partial charge is 0.262 e. The van der Waals surface area contributed by atoms with Crippen LogP contribution in [0.5, 0.6) is 0 Å². The number of aryl methyl sites for hydroxylation is 1. The van der Waals surface area contributed by atoms with Gasteiger partial charge in [0.05, 0.1) is 17.2 Å². The first-order valence-electron chi connectivity index (χ1n) is 15.4. The molecule has 0 radical (unpaired) electrons. The minimum Gasteiger partial charge on any atom is -0.462 e. The van der Waals surface area contributed by atoms with Crippen molar-refractivity contribution in [1.29, 1.82) is 0 Å². The van der Waals surface area contributed by atoms with Crippen LogP contribution in [0.3, 0.4) is 0 Å². The van der Waals surface area contributed by atoms with Gasteiger partial charge in [0, 0.05) is 12.5 Å². The van der Waals surface area contributed by atoms with Crippen molar-refractivity contribution in [3.63, 3.8) is 0 Å². The molecule has 0 N–H and O–H groups in total. The van der Waals surface area contributed by atoms with Gasteiger partial charge in [0.15, 0.2) is 0 Å². The summed E-state index contributed by atoms with van der Waals surface area (Å²) in [5, 5.41) is 0. The minimum absolute atomic E-state index is 0.0251. The summed E-state index contributed by atoms with van der Waals surface area (Å²) in [5.74, 6) is -0.473. The van der Waals surface area contributed by atoms with Gasteiger partial charge in [-0.2, -0.15) is 0 Å². The van der Waals surface area contributed by atoms with Crippen LogP contribution in [0.2, 0.25) is 0 Å². The highest BCUT2D eigenvalue weighted by Gasteiger charge is 2.44. The molecule has 2 aliphatic heterocycles. The number of allylic oxidation sites excluding steroid dienone is 1. The van der Waals surface area contributed by atoms with Crippen molar-refractivity contribution in [1.82, 2.24) is 9.80 Å². The number of nitrogens with zero attached hydrogens (tertiary/aromatic N) is 2. The molecule has 1 aliphatic carbocycles. The third kappa shape index (κ3) is 5.62. The van der Waals surface area contributed by atoms with E-state index in [2.05, 4.69) is 24.3 Å². The van der Waals surface area contributed by atoms with Gasteiger partial charge in [-0.1, -0.05) is 97.1 Å². The van der Waals surface area contributed by atoms with Crippen molar-refractivity contribution < 1.29 is 23.9 Å². The third-order valence-electron chi connectivity index (χ3n) is 9.22. The Morgan fingerprint density at radius 3 is 2.09 bits per heavy atom. The Hall–Kier alpha value is -5.17. The molecule has 0 aromatic heterocycles. The van der Waals surface area contributed by atoms with Crippen molar-refractivity contribution in [3.05, 3.63) is 155 Å². The van der Waals surface area contributed by atoms with Crippen LogP contribution in [0.1, 0.15) is 55.4 Å². The number of benzene rings is 4. The highest BCUT2D eigenvalue weighted by molar-refractivity contribution is 6.22. The van der Waals surface area contributed by atoms with E-state index in [1.807, 2.05) is 65.6 Å². The molecule has 4 aromatic carbocycles. The van der Waals surface area contributed by atoms with Gasteiger partial charge in [0.1, 0.15) is 18.6 Å². The molecule has 7 rings (SSSR count). The number of carbonyl (C=O) groups is 3. The Bertz CT molecular complexity index is 1720. The van der Waals surface area contributed by atoms with Gasteiger partial charge >= 0.3 is 0 Å². The average Bonchev–Trinajstić information content (AvgIpc) is 3.71. The van der Waals surface area contributed by atoms with Crippen LogP contribution >= 0.6 is 0 Å². The number of carbonyl (C=O) groups excluding carboxylic acids is 3. The van der Waals surface area contributed by atoms with Crippen LogP contribution in [-0.2, 0) is 33.7 Å². The van der Waals surface area contributed by atoms with Crippen LogP contribution in [0.4, 0.5) is 0 Å². The molecule has 226 valence electrons. The second kappa shape index (κ2) is 12.4. The predicted octanol–water partition coefficient (Wildman–Crippen LogP) is 6.32. The number of fused-ring (bicyclic) bond motifs is 2.